The summed E-state index contributed by atoms with van der Waals surface area (Å²) in [5.41, 5.74) is -0.402. The van der Waals surface area contributed by atoms with Crippen molar-refractivity contribution in [3.05, 3.63) is 0 Å². The van der Waals surface area contributed by atoms with Crippen molar-refractivity contribution in [2.45, 2.75) is 20.3 Å². The third kappa shape index (κ3) is 4.17. The van der Waals surface area contributed by atoms with Gasteiger partial charge in [-0.1, -0.05) is 13.8 Å². The molecule has 0 radical (unpaired) electrons. The summed E-state index contributed by atoms with van der Waals surface area (Å²) >= 11 is 0. The molecule has 1 atom stereocenters. The van der Waals surface area contributed by atoms with Gasteiger partial charge in [0.1, 0.15) is 0 Å². The van der Waals surface area contributed by atoms with Crippen molar-refractivity contribution in [2.24, 2.45) is 11.3 Å². The highest BCUT2D eigenvalue weighted by Crippen LogP contribution is 2.36. The molecule has 2 amide bonds. The molecule has 0 spiro atoms. The third-order valence-corrected chi connectivity index (χ3v) is 4.40. The van der Waals surface area contributed by atoms with E-state index >= 15 is 0 Å². The summed E-state index contributed by atoms with van der Waals surface area (Å²) in [5.74, 6) is 0.235. The van der Waals surface area contributed by atoms with Crippen LogP contribution >= 0.6 is 0 Å². The van der Waals surface area contributed by atoms with Gasteiger partial charge in [-0.15, -0.1) is 0 Å². The van der Waals surface area contributed by atoms with Crippen molar-refractivity contribution < 1.29 is 14.3 Å². The molecule has 6 nitrogen and oxygen atoms in total. The number of carbonyl (C=O) groups is 2. The molecule has 1 unspecified atom stereocenters. The van der Waals surface area contributed by atoms with Crippen LogP contribution in [0.4, 0.5) is 0 Å². The maximum absolute atomic E-state index is 13.0. The van der Waals surface area contributed by atoms with Crippen LogP contribution in [-0.2, 0) is 14.3 Å². The van der Waals surface area contributed by atoms with Crippen molar-refractivity contribution in [1.29, 1.82) is 0 Å². The Morgan fingerprint density at radius 3 is 2.43 bits per heavy atom. The SMILES string of the molecule is COCCN(CC(=O)N(C)C)C(=O)C1(C(C)C)CCNC1. The first-order valence-corrected chi connectivity index (χ1v) is 7.54. The van der Waals surface area contributed by atoms with Crippen LogP contribution in [0.25, 0.3) is 0 Å². The predicted octanol–water partition coefficient (Wildman–Crippen LogP) is 0.185. The van der Waals surface area contributed by atoms with Crippen LogP contribution < -0.4 is 5.32 Å². The van der Waals surface area contributed by atoms with Gasteiger partial charge in [0.15, 0.2) is 0 Å². The number of carbonyl (C=O) groups excluding carboxylic acids is 2. The maximum Gasteiger partial charge on any atom is 0.241 e. The first-order valence-electron chi connectivity index (χ1n) is 7.54. The first kappa shape index (κ1) is 17.9. The second-order valence-electron chi connectivity index (χ2n) is 6.25. The smallest absolute Gasteiger partial charge is 0.241 e. The fraction of sp³-hybridized carbons (Fsp3) is 0.867. The average Bonchev–Trinajstić information content (AvgIpc) is 2.93. The van der Waals surface area contributed by atoms with E-state index in [-0.39, 0.29) is 24.3 Å². The van der Waals surface area contributed by atoms with E-state index in [1.165, 1.54) is 4.90 Å². The average molecular weight is 299 g/mol. The zero-order valence-corrected chi connectivity index (χ0v) is 13.9. The van der Waals surface area contributed by atoms with Crippen molar-refractivity contribution in [3.8, 4) is 0 Å². The van der Waals surface area contributed by atoms with Gasteiger partial charge in [0.05, 0.1) is 18.6 Å². The molecule has 1 fully saturated rings. The topological polar surface area (TPSA) is 61.9 Å². The number of nitrogens with one attached hydrogen (secondary N) is 1. The van der Waals surface area contributed by atoms with Crippen LogP contribution in [0.3, 0.4) is 0 Å². The van der Waals surface area contributed by atoms with E-state index < -0.39 is 5.41 Å². The number of hydrogen-bond donors (Lipinski definition) is 1. The molecule has 1 rings (SSSR count). The summed E-state index contributed by atoms with van der Waals surface area (Å²) in [5, 5.41) is 3.29. The van der Waals surface area contributed by atoms with Crippen molar-refractivity contribution in [2.75, 3.05) is 54.0 Å². The number of ether oxygens (including phenoxy) is 1. The molecule has 0 aromatic carbocycles. The fourth-order valence-corrected chi connectivity index (χ4v) is 2.71. The van der Waals surface area contributed by atoms with Crippen LogP contribution in [0.15, 0.2) is 0 Å². The molecular weight excluding hydrogens is 270 g/mol. The highest BCUT2D eigenvalue weighted by Gasteiger charge is 2.46. The minimum atomic E-state index is -0.402. The second-order valence-corrected chi connectivity index (χ2v) is 6.25. The number of hydrogen-bond acceptors (Lipinski definition) is 4. The van der Waals surface area contributed by atoms with Crippen molar-refractivity contribution >= 4 is 11.8 Å². The Labute approximate surface area is 127 Å². The molecule has 0 aromatic heterocycles. The standard InChI is InChI=1S/C15H29N3O3/c1-12(2)15(6-7-16-11-15)14(20)18(8-9-21-5)10-13(19)17(3)4/h12,16H,6-11H2,1-5H3. The maximum atomic E-state index is 13.0. The summed E-state index contributed by atoms with van der Waals surface area (Å²) in [7, 11) is 5.01. The summed E-state index contributed by atoms with van der Waals surface area (Å²) in [6.45, 7) is 6.69. The van der Waals surface area contributed by atoms with E-state index in [0.29, 0.717) is 19.7 Å². The Hall–Kier alpha value is -1.14. The summed E-state index contributed by atoms with van der Waals surface area (Å²) in [4.78, 5) is 28.2. The van der Waals surface area contributed by atoms with Gasteiger partial charge < -0.3 is 19.9 Å². The molecule has 1 aliphatic rings. The lowest BCUT2D eigenvalue weighted by Gasteiger charge is -2.36. The Kier molecular flexibility index (Phi) is 6.61. The summed E-state index contributed by atoms with van der Waals surface area (Å²) < 4.78 is 5.09. The molecule has 122 valence electrons. The van der Waals surface area contributed by atoms with E-state index in [0.717, 1.165) is 13.0 Å². The normalized spacial score (nSPS) is 21.6. The summed E-state index contributed by atoms with van der Waals surface area (Å²) in [6, 6.07) is 0. The Balaban J connectivity index is 2.89. The third-order valence-electron chi connectivity index (χ3n) is 4.40. The minimum absolute atomic E-state index is 0.0646. The molecule has 1 N–H and O–H groups in total. The number of amides is 2. The Morgan fingerprint density at radius 2 is 2.00 bits per heavy atom. The van der Waals surface area contributed by atoms with Crippen molar-refractivity contribution in [3.63, 3.8) is 0 Å². The highest BCUT2D eigenvalue weighted by molar-refractivity contribution is 5.88. The number of methoxy groups -OCH3 is 1. The zero-order valence-electron chi connectivity index (χ0n) is 13.9. The van der Waals surface area contributed by atoms with Gasteiger partial charge in [0, 0.05) is 34.3 Å². The van der Waals surface area contributed by atoms with Crippen LogP contribution in [0.1, 0.15) is 20.3 Å². The van der Waals surface area contributed by atoms with E-state index in [4.69, 9.17) is 4.74 Å². The summed E-state index contributed by atoms with van der Waals surface area (Å²) in [6.07, 6.45) is 0.823. The van der Waals surface area contributed by atoms with Crippen LogP contribution in [0.2, 0.25) is 0 Å². The van der Waals surface area contributed by atoms with E-state index in [1.54, 1.807) is 26.1 Å². The van der Waals surface area contributed by atoms with Crippen LogP contribution in [0.5, 0.6) is 0 Å². The van der Waals surface area contributed by atoms with E-state index in [2.05, 4.69) is 19.2 Å². The van der Waals surface area contributed by atoms with Gasteiger partial charge in [-0.3, -0.25) is 9.59 Å². The Morgan fingerprint density at radius 1 is 1.33 bits per heavy atom. The van der Waals surface area contributed by atoms with Gasteiger partial charge in [0.25, 0.3) is 0 Å². The fourth-order valence-electron chi connectivity index (χ4n) is 2.71. The number of nitrogens with zero attached hydrogens (tertiary/aromatic N) is 2. The molecule has 0 bridgehead atoms. The predicted molar refractivity (Wildman–Crippen MR) is 81.9 cm³/mol. The van der Waals surface area contributed by atoms with E-state index in [1.807, 2.05) is 0 Å². The van der Waals surface area contributed by atoms with Crippen LogP contribution in [-0.4, -0.2) is 75.6 Å². The molecule has 1 saturated heterocycles. The number of rotatable bonds is 7. The van der Waals surface area contributed by atoms with Gasteiger partial charge in [0.2, 0.25) is 11.8 Å². The second kappa shape index (κ2) is 7.75. The lowest BCUT2D eigenvalue weighted by Crippen LogP contribution is -2.51. The van der Waals surface area contributed by atoms with E-state index in [9.17, 15) is 9.59 Å². The largest absolute Gasteiger partial charge is 0.383 e. The van der Waals surface area contributed by atoms with Gasteiger partial charge in [-0.05, 0) is 18.9 Å². The molecule has 6 heteroatoms. The molecule has 1 heterocycles. The quantitative estimate of drug-likeness (QED) is 0.729. The lowest BCUT2D eigenvalue weighted by molar-refractivity contribution is -0.148. The monoisotopic (exact) mass is 299 g/mol. The highest BCUT2D eigenvalue weighted by atomic mass is 16.5. The van der Waals surface area contributed by atoms with Gasteiger partial charge >= 0.3 is 0 Å². The lowest BCUT2D eigenvalue weighted by atomic mass is 9.75. The molecule has 0 saturated carbocycles. The molecular formula is C15H29N3O3. The molecule has 1 aliphatic heterocycles. The molecule has 21 heavy (non-hydrogen) atoms. The van der Waals surface area contributed by atoms with Crippen molar-refractivity contribution in [1.82, 2.24) is 15.1 Å². The number of likely N-dealkylation sites (N-methyl/N-ethyl adjacent to an activating group) is 1. The molecule has 0 aromatic rings. The zero-order chi connectivity index (χ0) is 16.0. The van der Waals surface area contributed by atoms with Gasteiger partial charge in [-0.2, -0.15) is 0 Å². The van der Waals surface area contributed by atoms with Gasteiger partial charge in [-0.25, -0.2) is 0 Å². The molecule has 0 aliphatic carbocycles. The first-order chi connectivity index (χ1) is 9.85. The van der Waals surface area contributed by atoms with Crippen LogP contribution in [0, 0.1) is 11.3 Å². The Bertz CT molecular complexity index is 363. The minimum Gasteiger partial charge on any atom is -0.383 e.